The number of para-hydroxylation sites is 2. The Morgan fingerprint density at radius 3 is 1.00 bits per heavy atom. The van der Waals surface area contributed by atoms with E-state index in [0.29, 0.717) is 0 Å². The Morgan fingerprint density at radius 2 is 0.623 bits per heavy atom. The fourth-order valence-corrected chi connectivity index (χ4v) is 9.55. The van der Waals surface area contributed by atoms with Crippen molar-refractivity contribution < 1.29 is 0 Å². The molecule has 2 nitrogen and oxygen atoms in total. The first-order valence-corrected chi connectivity index (χ1v) is 20.1. The van der Waals surface area contributed by atoms with Gasteiger partial charge in [0.05, 0.1) is 0 Å². The summed E-state index contributed by atoms with van der Waals surface area (Å²) < 4.78 is 0. The minimum atomic E-state index is 1.14. The Hall–Kier alpha value is -5.98. The molecule has 0 radical (unpaired) electrons. The maximum atomic E-state index is 2.35. The molecule has 254 valence electrons. The van der Waals surface area contributed by atoms with E-state index in [9.17, 15) is 0 Å². The summed E-state index contributed by atoms with van der Waals surface area (Å²) in [5, 5.41) is 6.87. The predicted octanol–water partition coefficient (Wildman–Crippen LogP) is 15.5. The zero-order valence-corrected chi connectivity index (χ0v) is 31.2. The number of hydrogen-bond acceptors (Lipinski definition) is 5. The topological polar surface area (TPSA) is 6.48 Å². The molecular weight excluding hydrogens is 701 g/mol. The molecule has 6 aromatic carbocycles. The van der Waals surface area contributed by atoms with Gasteiger partial charge in [-0.3, -0.25) is 0 Å². The first kappa shape index (κ1) is 32.9. The Bertz CT molecular complexity index is 2360. The maximum Gasteiger partial charge on any atom is 0.101 e. The highest BCUT2D eigenvalue weighted by Crippen LogP contribution is 2.44. The normalized spacial score (nSPS) is 11.0. The largest absolute Gasteiger partial charge is 0.302 e. The van der Waals surface area contributed by atoms with Gasteiger partial charge >= 0.3 is 0 Å². The molecule has 0 aliphatic heterocycles. The summed E-state index contributed by atoms with van der Waals surface area (Å²) in [6.07, 6.45) is 0. The molecule has 3 heterocycles. The average Bonchev–Trinajstić information content (AvgIpc) is 4.03. The zero-order valence-electron chi connectivity index (χ0n) is 28.7. The van der Waals surface area contributed by atoms with Gasteiger partial charge in [0, 0.05) is 43.3 Å². The van der Waals surface area contributed by atoms with Crippen molar-refractivity contribution in [2.45, 2.75) is 0 Å². The predicted molar refractivity (Wildman–Crippen MR) is 231 cm³/mol. The number of benzene rings is 6. The van der Waals surface area contributed by atoms with E-state index in [2.05, 4.69) is 215 Å². The van der Waals surface area contributed by atoms with Gasteiger partial charge < -0.3 is 9.80 Å². The van der Waals surface area contributed by atoms with Crippen LogP contribution in [-0.2, 0) is 0 Å². The van der Waals surface area contributed by atoms with Gasteiger partial charge in [0.15, 0.2) is 0 Å². The molecule has 0 aliphatic rings. The molecule has 0 bridgehead atoms. The van der Waals surface area contributed by atoms with Crippen molar-refractivity contribution in [3.63, 3.8) is 0 Å². The van der Waals surface area contributed by atoms with Gasteiger partial charge in [0.25, 0.3) is 0 Å². The van der Waals surface area contributed by atoms with E-state index in [1.54, 1.807) is 22.7 Å². The highest BCUT2D eigenvalue weighted by Gasteiger charge is 2.18. The van der Waals surface area contributed by atoms with Crippen LogP contribution in [0.15, 0.2) is 205 Å². The van der Waals surface area contributed by atoms with E-state index in [-0.39, 0.29) is 0 Å². The van der Waals surface area contributed by atoms with Crippen LogP contribution >= 0.6 is 34.0 Å². The molecule has 3 aromatic heterocycles. The Labute approximate surface area is 322 Å². The van der Waals surface area contributed by atoms with Crippen LogP contribution in [0.3, 0.4) is 0 Å². The van der Waals surface area contributed by atoms with Crippen LogP contribution in [0.25, 0.3) is 43.1 Å². The molecule has 9 rings (SSSR count). The second kappa shape index (κ2) is 14.9. The molecule has 0 spiro atoms. The van der Waals surface area contributed by atoms with Crippen LogP contribution in [0.2, 0.25) is 0 Å². The smallest absolute Gasteiger partial charge is 0.101 e. The summed E-state index contributed by atoms with van der Waals surface area (Å²) in [6, 6.07) is 69.5. The summed E-state index contributed by atoms with van der Waals surface area (Å²) in [6.45, 7) is 0. The molecule has 53 heavy (non-hydrogen) atoms. The first-order valence-electron chi connectivity index (χ1n) is 17.6. The van der Waals surface area contributed by atoms with Crippen molar-refractivity contribution in [3.8, 4) is 43.1 Å². The van der Waals surface area contributed by atoms with Crippen LogP contribution in [0.1, 0.15) is 0 Å². The zero-order chi connectivity index (χ0) is 35.4. The highest BCUT2D eigenvalue weighted by molar-refractivity contribution is 7.18. The van der Waals surface area contributed by atoms with Crippen LogP contribution < -0.4 is 9.80 Å². The molecule has 0 aliphatic carbocycles. The van der Waals surface area contributed by atoms with Crippen molar-refractivity contribution >= 4 is 66.8 Å². The third kappa shape index (κ3) is 6.98. The standard InChI is InChI=1S/C48H34N2S3/c1-5-13-35(14-6-1)39-31-47(51-33-39)49(41-17-9-3-10-18-41)43-25-21-37(22-26-43)45-29-30-46(53-45)38-23-27-44(28-24-38)50(42-19-11-4-12-20-42)48-32-40(34-52-48)36-15-7-2-8-16-36/h1-34H. The van der Waals surface area contributed by atoms with Crippen molar-refractivity contribution in [2.75, 3.05) is 9.80 Å². The van der Waals surface area contributed by atoms with Gasteiger partial charge in [0.2, 0.25) is 0 Å². The molecule has 0 saturated carbocycles. The van der Waals surface area contributed by atoms with Crippen molar-refractivity contribution in [2.24, 2.45) is 0 Å². The third-order valence-corrected chi connectivity index (χ3v) is 12.3. The van der Waals surface area contributed by atoms with Gasteiger partial charge in [-0.05, 0) is 106 Å². The van der Waals surface area contributed by atoms with Crippen LogP contribution in [0.5, 0.6) is 0 Å². The minimum absolute atomic E-state index is 1.14. The summed E-state index contributed by atoms with van der Waals surface area (Å²) in [5.41, 5.74) is 11.9. The number of anilines is 6. The lowest BCUT2D eigenvalue weighted by Gasteiger charge is -2.23. The maximum absolute atomic E-state index is 2.35. The Balaban J connectivity index is 0.973. The number of rotatable bonds is 10. The summed E-state index contributed by atoms with van der Waals surface area (Å²) in [5.74, 6) is 0. The van der Waals surface area contributed by atoms with Crippen molar-refractivity contribution in [3.05, 3.63) is 205 Å². The Kier molecular flexibility index (Phi) is 9.27. The van der Waals surface area contributed by atoms with Gasteiger partial charge in [-0.25, -0.2) is 0 Å². The summed E-state index contributed by atoms with van der Waals surface area (Å²) in [4.78, 5) is 7.20. The van der Waals surface area contributed by atoms with Gasteiger partial charge in [0.1, 0.15) is 10.0 Å². The average molecular weight is 735 g/mol. The van der Waals surface area contributed by atoms with E-state index in [0.717, 1.165) is 22.7 Å². The second-order valence-corrected chi connectivity index (χ2v) is 15.5. The fraction of sp³-hybridized carbons (Fsp3) is 0. The quantitative estimate of drug-likeness (QED) is 0.138. The van der Waals surface area contributed by atoms with Crippen LogP contribution in [-0.4, -0.2) is 0 Å². The van der Waals surface area contributed by atoms with Gasteiger partial charge in [-0.15, -0.1) is 34.0 Å². The molecule has 5 heteroatoms. The van der Waals surface area contributed by atoms with Gasteiger partial charge in [-0.1, -0.05) is 121 Å². The fourth-order valence-electron chi connectivity index (χ4n) is 6.61. The minimum Gasteiger partial charge on any atom is -0.302 e. The number of nitrogens with zero attached hydrogens (tertiary/aromatic N) is 2. The van der Waals surface area contributed by atoms with E-state index >= 15 is 0 Å². The van der Waals surface area contributed by atoms with Crippen LogP contribution in [0.4, 0.5) is 32.8 Å². The molecule has 0 unspecified atom stereocenters. The molecule has 0 fully saturated rings. The summed E-state index contributed by atoms with van der Waals surface area (Å²) in [7, 11) is 0. The summed E-state index contributed by atoms with van der Waals surface area (Å²) >= 11 is 5.37. The molecule has 0 N–H and O–H groups in total. The van der Waals surface area contributed by atoms with E-state index in [1.807, 2.05) is 11.3 Å². The van der Waals surface area contributed by atoms with E-state index in [4.69, 9.17) is 0 Å². The first-order chi connectivity index (χ1) is 26.3. The molecule has 9 aromatic rings. The van der Waals surface area contributed by atoms with Crippen molar-refractivity contribution in [1.82, 2.24) is 0 Å². The molecule has 0 saturated heterocycles. The lowest BCUT2D eigenvalue weighted by atomic mass is 10.1. The SMILES string of the molecule is c1ccc(-c2csc(N(c3ccccc3)c3ccc(-c4ccc(-c5ccc(N(c6ccccc6)c6cc(-c7ccccc7)cs6)cc5)s4)cc3)c2)cc1. The second-order valence-electron chi connectivity index (χ2n) is 12.7. The number of hydrogen-bond donors (Lipinski definition) is 0. The van der Waals surface area contributed by atoms with Crippen molar-refractivity contribution in [1.29, 1.82) is 0 Å². The van der Waals surface area contributed by atoms with E-state index in [1.165, 1.54) is 53.1 Å². The molecule has 0 amide bonds. The molecule has 0 atom stereocenters. The lowest BCUT2D eigenvalue weighted by Crippen LogP contribution is -2.08. The third-order valence-electron chi connectivity index (χ3n) is 9.28. The Morgan fingerprint density at radius 1 is 0.283 bits per heavy atom. The lowest BCUT2D eigenvalue weighted by molar-refractivity contribution is 1.32. The van der Waals surface area contributed by atoms with Gasteiger partial charge in [-0.2, -0.15) is 0 Å². The van der Waals surface area contributed by atoms with E-state index < -0.39 is 0 Å². The number of thiophene rings is 3. The highest BCUT2D eigenvalue weighted by atomic mass is 32.1. The molecular formula is C48H34N2S3. The monoisotopic (exact) mass is 734 g/mol. The van der Waals surface area contributed by atoms with Crippen LogP contribution in [0, 0.1) is 0 Å².